The number of nitrogens with zero attached hydrogens (tertiary/aromatic N) is 1. The number of aliphatic hydroxyl groups excluding tert-OH is 1. The molecule has 0 unspecified atom stereocenters. The lowest BCUT2D eigenvalue weighted by Crippen LogP contribution is -2.54. The van der Waals surface area contributed by atoms with E-state index in [0.717, 1.165) is 11.1 Å². The third kappa shape index (κ3) is 2.59. The van der Waals surface area contributed by atoms with Crippen molar-refractivity contribution in [2.45, 2.75) is 25.0 Å². The molecule has 102 valence electrons. The number of fused-ring (bicyclic) bond motifs is 1. The van der Waals surface area contributed by atoms with Crippen LogP contribution >= 0.6 is 0 Å². The van der Waals surface area contributed by atoms with Gasteiger partial charge in [-0.25, -0.2) is 4.79 Å². The Hall–Kier alpha value is -1.92. The van der Waals surface area contributed by atoms with Gasteiger partial charge in [-0.15, -0.1) is 0 Å². The fourth-order valence-electron chi connectivity index (χ4n) is 2.27. The van der Waals surface area contributed by atoms with E-state index in [9.17, 15) is 14.7 Å². The number of hydrogen-bond acceptors (Lipinski definition) is 4. The number of carbonyl (C=O) groups excluding carboxylic acids is 1. The molecule has 0 saturated carbocycles. The molecule has 1 aromatic rings. The first kappa shape index (κ1) is 13.5. The third-order valence-corrected chi connectivity index (χ3v) is 3.33. The van der Waals surface area contributed by atoms with Crippen molar-refractivity contribution in [3.05, 3.63) is 35.4 Å². The van der Waals surface area contributed by atoms with Gasteiger partial charge in [0.2, 0.25) is 5.91 Å². The lowest BCUT2D eigenvalue weighted by Gasteiger charge is -2.35. The molecule has 0 saturated heterocycles. The minimum atomic E-state index is -1.08. The molecule has 2 atom stereocenters. The minimum Gasteiger partial charge on any atom is -0.480 e. The number of aliphatic carboxylic acids is 1. The minimum absolute atomic E-state index is 0.208. The van der Waals surface area contributed by atoms with Crippen LogP contribution in [0.25, 0.3) is 0 Å². The number of carbonyl (C=O) groups is 2. The van der Waals surface area contributed by atoms with Crippen LogP contribution in [0.2, 0.25) is 0 Å². The van der Waals surface area contributed by atoms with Crippen LogP contribution in [0.5, 0.6) is 0 Å². The molecule has 6 nitrogen and oxygen atoms in total. The third-order valence-electron chi connectivity index (χ3n) is 3.33. The molecule has 0 radical (unpaired) electrons. The van der Waals surface area contributed by atoms with Crippen LogP contribution in [0.15, 0.2) is 24.3 Å². The van der Waals surface area contributed by atoms with E-state index in [1.807, 2.05) is 24.3 Å². The average Bonchev–Trinajstić information content (AvgIpc) is 2.44. The van der Waals surface area contributed by atoms with Gasteiger partial charge in [0.1, 0.15) is 12.1 Å². The molecule has 0 spiro atoms. The predicted molar refractivity (Wildman–Crippen MR) is 67.2 cm³/mol. The SMILES string of the molecule is N[C@@H](CO)C(=O)N1Cc2ccccc2C[C@@H]1C(=O)O. The zero-order valence-electron chi connectivity index (χ0n) is 10.3. The van der Waals surface area contributed by atoms with Gasteiger partial charge in [0.25, 0.3) is 0 Å². The molecule has 1 aromatic carbocycles. The number of hydrogen-bond donors (Lipinski definition) is 3. The van der Waals surface area contributed by atoms with Gasteiger partial charge in [0.05, 0.1) is 6.61 Å². The van der Waals surface area contributed by atoms with E-state index >= 15 is 0 Å². The van der Waals surface area contributed by atoms with Crippen LogP contribution in [0.3, 0.4) is 0 Å². The fraction of sp³-hybridized carbons (Fsp3) is 0.385. The van der Waals surface area contributed by atoms with Crippen molar-refractivity contribution in [1.29, 1.82) is 0 Å². The number of rotatable bonds is 3. The molecule has 0 aliphatic carbocycles. The van der Waals surface area contributed by atoms with E-state index in [2.05, 4.69) is 0 Å². The summed E-state index contributed by atoms with van der Waals surface area (Å²) in [5.41, 5.74) is 7.34. The van der Waals surface area contributed by atoms with Gasteiger partial charge in [-0.2, -0.15) is 0 Å². The van der Waals surface area contributed by atoms with E-state index in [1.54, 1.807) is 0 Å². The summed E-state index contributed by atoms with van der Waals surface area (Å²) in [7, 11) is 0. The maximum atomic E-state index is 12.0. The Labute approximate surface area is 110 Å². The summed E-state index contributed by atoms with van der Waals surface area (Å²) in [5, 5.41) is 18.2. The van der Waals surface area contributed by atoms with Crippen LogP contribution in [0.4, 0.5) is 0 Å². The standard InChI is InChI=1S/C13H16N2O4/c14-10(7-16)12(17)15-6-9-4-2-1-3-8(9)5-11(15)13(18)19/h1-4,10-11,16H,5-7,14H2,(H,18,19)/t10-,11+/m0/s1. The summed E-state index contributed by atoms with van der Waals surface area (Å²) in [5.74, 6) is -1.60. The molecule has 0 bridgehead atoms. The van der Waals surface area contributed by atoms with Crippen molar-refractivity contribution in [1.82, 2.24) is 4.90 Å². The Morgan fingerprint density at radius 1 is 1.37 bits per heavy atom. The molecular formula is C13H16N2O4. The van der Waals surface area contributed by atoms with Crippen LogP contribution in [-0.4, -0.2) is 45.7 Å². The summed E-state index contributed by atoms with van der Waals surface area (Å²) in [4.78, 5) is 24.6. The average molecular weight is 264 g/mol. The molecule has 1 amide bonds. The van der Waals surface area contributed by atoms with Crippen LogP contribution in [0.1, 0.15) is 11.1 Å². The monoisotopic (exact) mass is 264 g/mol. The molecule has 6 heteroatoms. The van der Waals surface area contributed by atoms with Crippen LogP contribution in [-0.2, 0) is 22.6 Å². The number of carboxylic acid groups (broad SMARTS) is 1. The first-order valence-electron chi connectivity index (χ1n) is 6.01. The number of amides is 1. The molecule has 0 aromatic heterocycles. The molecule has 19 heavy (non-hydrogen) atoms. The van der Waals surface area contributed by atoms with Gasteiger partial charge in [0.15, 0.2) is 0 Å². The molecular weight excluding hydrogens is 248 g/mol. The summed E-state index contributed by atoms with van der Waals surface area (Å²) in [6.07, 6.45) is 0.259. The topological polar surface area (TPSA) is 104 Å². The van der Waals surface area contributed by atoms with Gasteiger partial charge < -0.3 is 20.8 Å². The second kappa shape index (κ2) is 5.38. The highest BCUT2D eigenvalue weighted by Gasteiger charge is 2.36. The second-order valence-electron chi connectivity index (χ2n) is 4.58. The van der Waals surface area contributed by atoms with Crippen molar-refractivity contribution in [2.75, 3.05) is 6.61 Å². The largest absolute Gasteiger partial charge is 0.480 e. The highest BCUT2D eigenvalue weighted by Crippen LogP contribution is 2.23. The quantitative estimate of drug-likeness (QED) is 0.672. The number of benzene rings is 1. The summed E-state index contributed by atoms with van der Waals surface area (Å²) >= 11 is 0. The van der Waals surface area contributed by atoms with Gasteiger partial charge in [-0.1, -0.05) is 24.3 Å². The van der Waals surface area contributed by atoms with Gasteiger partial charge in [0, 0.05) is 13.0 Å². The smallest absolute Gasteiger partial charge is 0.326 e. The molecule has 4 N–H and O–H groups in total. The van der Waals surface area contributed by atoms with Gasteiger partial charge >= 0.3 is 5.97 Å². The van der Waals surface area contributed by atoms with E-state index in [-0.39, 0.29) is 13.0 Å². The second-order valence-corrected chi connectivity index (χ2v) is 4.58. The summed E-state index contributed by atoms with van der Waals surface area (Å²) < 4.78 is 0. The molecule has 0 fully saturated rings. The van der Waals surface area contributed by atoms with E-state index < -0.39 is 30.6 Å². The number of aliphatic hydroxyl groups is 1. The van der Waals surface area contributed by atoms with Crippen molar-refractivity contribution in [3.63, 3.8) is 0 Å². The van der Waals surface area contributed by atoms with Crippen LogP contribution in [0, 0.1) is 0 Å². The van der Waals surface area contributed by atoms with E-state index in [4.69, 9.17) is 10.8 Å². The normalized spacial score (nSPS) is 19.7. The Morgan fingerprint density at radius 2 is 2.00 bits per heavy atom. The zero-order valence-corrected chi connectivity index (χ0v) is 10.3. The predicted octanol–water partition coefficient (Wildman–Crippen LogP) is -0.656. The first-order valence-corrected chi connectivity index (χ1v) is 6.01. The Balaban J connectivity index is 2.31. The van der Waals surface area contributed by atoms with E-state index in [1.165, 1.54) is 4.90 Å². The van der Waals surface area contributed by atoms with Gasteiger partial charge in [-0.05, 0) is 11.1 Å². The van der Waals surface area contributed by atoms with Gasteiger partial charge in [-0.3, -0.25) is 4.79 Å². The van der Waals surface area contributed by atoms with Crippen molar-refractivity contribution in [3.8, 4) is 0 Å². The summed E-state index contributed by atoms with van der Waals surface area (Å²) in [6, 6.07) is 5.40. The summed E-state index contributed by atoms with van der Waals surface area (Å²) in [6.45, 7) is -0.289. The maximum absolute atomic E-state index is 12.0. The zero-order chi connectivity index (χ0) is 14.0. The van der Waals surface area contributed by atoms with Crippen molar-refractivity contribution >= 4 is 11.9 Å². The lowest BCUT2D eigenvalue weighted by atomic mass is 9.93. The Morgan fingerprint density at radius 3 is 2.58 bits per heavy atom. The molecule has 1 aliphatic heterocycles. The van der Waals surface area contributed by atoms with Crippen molar-refractivity contribution < 1.29 is 19.8 Å². The number of nitrogens with two attached hydrogens (primary N) is 1. The lowest BCUT2D eigenvalue weighted by molar-refractivity contribution is -0.152. The fourth-order valence-corrected chi connectivity index (χ4v) is 2.27. The molecule has 1 aliphatic rings. The Kier molecular flexibility index (Phi) is 3.82. The maximum Gasteiger partial charge on any atom is 0.326 e. The van der Waals surface area contributed by atoms with Crippen molar-refractivity contribution in [2.24, 2.45) is 5.73 Å². The Bertz CT molecular complexity index is 503. The molecule has 1 heterocycles. The first-order chi connectivity index (χ1) is 9.04. The number of carboxylic acids is 1. The molecule has 2 rings (SSSR count). The van der Waals surface area contributed by atoms with E-state index in [0.29, 0.717) is 0 Å². The van der Waals surface area contributed by atoms with Crippen LogP contribution < -0.4 is 5.73 Å². The highest BCUT2D eigenvalue weighted by atomic mass is 16.4. The highest BCUT2D eigenvalue weighted by molar-refractivity contribution is 5.87.